The summed E-state index contributed by atoms with van der Waals surface area (Å²) < 4.78 is 0. The fourth-order valence-corrected chi connectivity index (χ4v) is 2.41. The van der Waals surface area contributed by atoms with Crippen molar-refractivity contribution in [3.63, 3.8) is 0 Å². The third-order valence-electron chi connectivity index (χ3n) is 4.16. The summed E-state index contributed by atoms with van der Waals surface area (Å²) in [4.78, 5) is 12.3. The van der Waals surface area contributed by atoms with E-state index < -0.39 is 6.04 Å². The van der Waals surface area contributed by atoms with Gasteiger partial charge in [0.2, 0.25) is 5.91 Å². The van der Waals surface area contributed by atoms with Crippen LogP contribution in [0.4, 0.5) is 0 Å². The molecule has 3 atom stereocenters. The van der Waals surface area contributed by atoms with Crippen LogP contribution in [-0.4, -0.2) is 11.9 Å². The van der Waals surface area contributed by atoms with Gasteiger partial charge in [-0.05, 0) is 25.0 Å². The number of amides is 1. The molecular formula is C19H25ClN2O. The molecule has 3 N–H and O–H groups in total. The summed E-state index contributed by atoms with van der Waals surface area (Å²) in [7, 11) is 0. The predicted molar refractivity (Wildman–Crippen MR) is 97.8 cm³/mol. The van der Waals surface area contributed by atoms with Crippen molar-refractivity contribution >= 4 is 18.3 Å². The summed E-state index contributed by atoms with van der Waals surface area (Å²) in [6, 6.07) is 17.3. The van der Waals surface area contributed by atoms with Gasteiger partial charge in [-0.25, -0.2) is 0 Å². The quantitative estimate of drug-likeness (QED) is 0.876. The molecule has 0 fully saturated rings. The first-order chi connectivity index (χ1) is 10.5. The highest BCUT2D eigenvalue weighted by Crippen LogP contribution is 2.19. The third kappa shape index (κ3) is 5.08. The number of halogens is 1. The lowest BCUT2D eigenvalue weighted by atomic mass is 9.94. The highest BCUT2D eigenvalue weighted by Gasteiger charge is 2.21. The van der Waals surface area contributed by atoms with Crippen molar-refractivity contribution in [2.24, 2.45) is 5.73 Å². The average Bonchev–Trinajstić information content (AvgIpc) is 2.54. The van der Waals surface area contributed by atoms with E-state index in [1.54, 1.807) is 0 Å². The number of rotatable bonds is 5. The molecule has 2 aromatic rings. The normalized spacial score (nSPS) is 14.3. The number of nitrogens with one attached hydrogen (secondary N) is 1. The van der Waals surface area contributed by atoms with E-state index in [0.29, 0.717) is 0 Å². The molecule has 0 saturated carbocycles. The molecule has 4 heteroatoms. The minimum absolute atomic E-state index is 0. The minimum atomic E-state index is -0.633. The Morgan fingerprint density at radius 1 is 0.957 bits per heavy atom. The van der Waals surface area contributed by atoms with Crippen LogP contribution in [-0.2, 0) is 4.79 Å². The van der Waals surface area contributed by atoms with Crippen LogP contribution in [0.25, 0.3) is 0 Å². The van der Waals surface area contributed by atoms with Gasteiger partial charge in [0.1, 0.15) is 6.04 Å². The molecule has 3 nitrogen and oxygen atoms in total. The fraction of sp³-hybridized carbons (Fsp3) is 0.316. The van der Waals surface area contributed by atoms with Gasteiger partial charge in [-0.2, -0.15) is 0 Å². The predicted octanol–water partition coefficient (Wildman–Crippen LogP) is 3.73. The summed E-state index contributed by atoms with van der Waals surface area (Å²) in [6.07, 6.45) is 0. The first-order valence-corrected chi connectivity index (χ1v) is 7.66. The number of hydrogen-bond donors (Lipinski definition) is 2. The molecule has 0 bridgehead atoms. The first kappa shape index (κ1) is 19.2. The molecule has 0 aliphatic heterocycles. The molecule has 0 spiro atoms. The Hall–Kier alpha value is -1.84. The van der Waals surface area contributed by atoms with Gasteiger partial charge in [0.15, 0.2) is 0 Å². The molecule has 0 aliphatic rings. The number of carbonyl (C=O) groups excluding carboxylic acids is 1. The highest BCUT2D eigenvalue weighted by molar-refractivity contribution is 5.85. The van der Waals surface area contributed by atoms with Gasteiger partial charge in [-0.1, -0.05) is 67.1 Å². The van der Waals surface area contributed by atoms with Gasteiger partial charge in [-0.15, -0.1) is 12.4 Å². The Morgan fingerprint density at radius 2 is 1.52 bits per heavy atom. The van der Waals surface area contributed by atoms with E-state index in [0.717, 1.165) is 11.1 Å². The SMILES string of the molecule is Cc1ccc(C(N)C(=O)NC(C)C(C)c2ccccc2)cc1.Cl. The number of hydrogen-bond acceptors (Lipinski definition) is 2. The van der Waals surface area contributed by atoms with Crippen LogP contribution in [0.15, 0.2) is 54.6 Å². The molecule has 1 amide bonds. The fourth-order valence-electron chi connectivity index (χ4n) is 2.41. The maximum atomic E-state index is 12.3. The van der Waals surface area contributed by atoms with Crippen LogP contribution in [0.1, 0.15) is 42.5 Å². The van der Waals surface area contributed by atoms with Crippen molar-refractivity contribution in [1.29, 1.82) is 0 Å². The lowest BCUT2D eigenvalue weighted by Crippen LogP contribution is -2.41. The van der Waals surface area contributed by atoms with Gasteiger partial charge >= 0.3 is 0 Å². The number of aryl methyl sites for hydroxylation is 1. The zero-order valence-corrected chi connectivity index (χ0v) is 14.6. The number of carbonyl (C=O) groups is 1. The maximum Gasteiger partial charge on any atom is 0.241 e. The summed E-state index contributed by atoms with van der Waals surface area (Å²) in [5, 5.41) is 3.03. The second-order valence-electron chi connectivity index (χ2n) is 5.88. The van der Waals surface area contributed by atoms with Crippen molar-refractivity contribution in [3.8, 4) is 0 Å². The molecule has 0 aromatic heterocycles. The lowest BCUT2D eigenvalue weighted by Gasteiger charge is -2.23. The highest BCUT2D eigenvalue weighted by atomic mass is 35.5. The Balaban J connectivity index is 0.00000264. The molecule has 3 unspecified atom stereocenters. The third-order valence-corrected chi connectivity index (χ3v) is 4.16. The summed E-state index contributed by atoms with van der Waals surface area (Å²) in [6.45, 7) is 6.13. The first-order valence-electron chi connectivity index (χ1n) is 7.66. The largest absolute Gasteiger partial charge is 0.351 e. The van der Waals surface area contributed by atoms with Gasteiger partial charge in [-0.3, -0.25) is 4.79 Å². The van der Waals surface area contributed by atoms with E-state index in [4.69, 9.17) is 5.73 Å². The standard InChI is InChI=1S/C19H24N2O.ClH/c1-13-9-11-17(12-10-13)18(20)19(22)21-15(3)14(2)16-7-5-4-6-8-16;/h4-12,14-15,18H,20H2,1-3H3,(H,21,22);1H. The van der Waals surface area contributed by atoms with Crippen LogP contribution in [0, 0.1) is 6.92 Å². The molecule has 23 heavy (non-hydrogen) atoms. The average molecular weight is 333 g/mol. The smallest absolute Gasteiger partial charge is 0.241 e. The minimum Gasteiger partial charge on any atom is -0.351 e. The van der Waals surface area contributed by atoms with Gasteiger partial charge in [0.25, 0.3) is 0 Å². The monoisotopic (exact) mass is 332 g/mol. The maximum absolute atomic E-state index is 12.3. The van der Waals surface area contributed by atoms with E-state index >= 15 is 0 Å². The topological polar surface area (TPSA) is 55.1 Å². The molecule has 124 valence electrons. The van der Waals surface area contributed by atoms with Gasteiger partial charge in [0, 0.05) is 12.0 Å². The van der Waals surface area contributed by atoms with Crippen LogP contribution in [0.3, 0.4) is 0 Å². The Morgan fingerprint density at radius 3 is 2.09 bits per heavy atom. The lowest BCUT2D eigenvalue weighted by molar-refractivity contribution is -0.123. The van der Waals surface area contributed by atoms with Gasteiger partial charge in [0.05, 0.1) is 0 Å². The van der Waals surface area contributed by atoms with Crippen LogP contribution in [0.2, 0.25) is 0 Å². The van der Waals surface area contributed by atoms with Gasteiger partial charge < -0.3 is 11.1 Å². The van der Waals surface area contributed by atoms with E-state index in [9.17, 15) is 4.79 Å². The molecule has 2 rings (SSSR count). The molecule has 0 saturated heterocycles. The molecule has 0 heterocycles. The van der Waals surface area contributed by atoms with Crippen LogP contribution in [0.5, 0.6) is 0 Å². The Bertz CT molecular complexity index is 613. The Labute approximate surface area is 144 Å². The van der Waals surface area contributed by atoms with Crippen LogP contribution < -0.4 is 11.1 Å². The molecule has 0 radical (unpaired) electrons. The van der Waals surface area contributed by atoms with Crippen molar-refractivity contribution in [2.45, 2.75) is 38.8 Å². The van der Waals surface area contributed by atoms with E-state index in [2.05, 4.69) is 24.4 Å². The van der Waals surface area contributed by atoms with Crippen molar-refractivity contribution in [1.82, 2.24) is 5.32 Å². The summed E-state index contributed by atoms with van der Waals surface area (Å²) >= 11 is 0. The van der Waals surface area contributed by atoms with E-state index in [1.165, 1.54) is 5.56 Å². The second kappa shape index (κ2) is 8.70. The second-order valence-corrected chi connectivity index (χ2v) is 5.88. The molecular weight excluding hydrogens is 308 g/mol. The summed E-state index contributed by atoms with van der Waals surface area (Å²) in [5.41, 5.74) is 9.26. The van der Waals surface area contributed by atoms with Crippen molar-refractivity contribution < 1.29 is 4.79 Å². The zero-order valence-electron chi connectivity index (χ0n) is 13.8. The molecule has 0 aliphatic carbocycles. The van der Waals surface area contributed by atoms with E-state index in [1.807, 2.05) is 56.3 Å². The number of nitrogens with two attached hydrogens (primary N) is 1. The molecule has 2 aromatic carbocycles. The van der Waals surface area contributed by atoms with Crippen molar-refractivity contribution in [3.05, 3.63) is 71.3 Å². The zero-order chi connectivity index (χ0) is 16.1. The summed E-state index contributed by atoms with van der Waals surface area (Å²) in [5.74, 6) is 0.0921. The number of benzene rings is 2. The van der Waals surface area contributed by atoms with E-state index in [-0.39, 0.29) is 30.3 Å². The van der Waals surface area contributed by atoms with Crippen molar-refractivity contribution in [2.75, 3.05) is 0 Å². The Kier molecular flexibility index (Phi) is 7.27. The van der Waals surface area contributed by atoms with Crippen LogP contribution >= 0.6 is 12.4 Å².